The number of sulfonamides is 1. The molecule has 2 aromatic carbocycles. The fourth-order valence-electron chi connectivity index (χ4n) is 1.94. The minimum atomic E-state index is -4.12. The summed E-state index contributed by atoms with van der Waals surface area (Å²) in [4.78, 5) is 23.3. The fraction of sp³-hybridized carbons (Fsp3) is 0.0667. The second-order valence-corrected chi connectivity index (χ2v) is 6.73. The number of amides is 1. The molecular weight excluding hydrogens is 356 g/mol. The molecule has 0 aromatic heterocycles. The Morgan fingerprint density at radius 2 is 1.71 bits per heavy atom. The number of hydrogen-bond acceptors (Lipinski definition) is 5. The maximum absolute atomic E-state index is 12.2. The van der Waals surface area contributed by atoms with Crippen LogP contribution in [0.2, 0.25) is 5.02 Å². The van der Waals surface area contributed by atoms with Gasteiger partial charge in [0.25, 0.3) is 5.91 Å². The second-order valence-electron chi connectivity index (χ2n) is 4.79. The molecule has 2 aromatic rings. The number of primary sulfonamides is 1. The van der Waals surface area contributed by atoms with Crippen molar-refractivity contribution in [1.82, 2.24) is 0 Å². The van der Waals surface area contributed by atoms with Crippen LogP contribution in [0.5, 0.6) is 0 Å². The SMILES string of the molecule is NC(=O)C(OC(=O)c1ccc(Cl)c(S(N)(=O)=O)c1)c1ccccc1. The van der Waals surface area contributed by atoms with Gasteiger partial charge in [-0.3, -0.25) is 4.79 Å². The third-order valence-corrected chi connectivity index (χ3v) is 4.45. The van der Waals surface area contributed by atoms with E-state index in [0.717, 1.165) is 6.07 Å². The van der Waals surface area contributed by atoms with Crippen LogP contribution in [-0.2, 0) is 19.6 Å². The van der Waals surface area contributed by atoms with E-state index >= 15 is 0 Å². The Kier molecular flexibility index (Phi) is 5.23. The minimum absolute atomic E-state index is 0.134. The Bertz CT molecular complexity index is 884. The summed E-state index contributed by atoms with van der Waals surface area (Å²) >= 11 is 5.75. The molecule has 9 heteroatoms. The fourth-order valence-corrected chi connectivity index (χ4v) is 3.01. The monoisotopic (exact) mass is 368 g/mol. The largest absolute Gasteiger partial charge is 0.444 e. The van der Waals surface area contributed by atoms with Crippen LogP contribution in [0.15, 0.2) is 53.4 Å². The molecule has 24 heavy (non-hydrogen) atoms. The van der Waals surface area contributed by atoms with E-state index in [9.17, 15) is 18.0 Å². The maximum atomic E-state index is 12.2. The molecule has 126 valence electrons. The number of primary amides is 1. The normalized spacial score (nSPS) is 12.4. The summed E-state index contributed by atoms with van der Waals surface area (Å²) in [6, 6.07) is 11.6. The van der Waals surface area contributed by atoms with Crippen molar-refractivity contribution in [1.29, 1.82) is 0 Å². The number of halogens is 1. The quantitative estimate of drug-likeness (QED) is 0.770. The van der Waals surface area contributed by atoms with Crippen molar-refractivity contribution in [2.75, 3.05) is 0 Å². The third kappa shape index (κ3) is 4.10. The van der Waals surface area contributed by atoms with Crippen molar-refractivity contribution in [2.24, 2.45) is 10.9 Å². The van der Waals surface area contributed by atoms with Crippen LogP contribution < -0.4 is 10.9 Å². The molecule has 0 bridgehead atoms. The molecule has 0 saturated heterocycles. The molecule has 4 N–H and O–H groups in total. The van der Waals surface area contributed by atoms with E-state index in [1.807, 2.05) is 0 Å². The minimum Gasteiger partial charge on any atom is -0.444 e. The predicted molar refractivity (Wildman–Crippen MR) is 86.6 cm³/mol. The van der Waals surface area contributed by atoms with Crippen molar-refractivity contribution < 1.29 is 22.7 Å². The van der Waals surface area contributed by atoms with E-state index < -0.39 is 32.9 Å². The smallest absolute Gasteiger partial charge is 0.339 e. The molecular formula is C15H13ClN2O5S. The van der Waals surface area contributed by atoms with E-state index in [2.05, 4.69) is 0 Å². The van der Waals surface area contributed by atoms with Crippen LogP contribution in [0, 0.1) is 0 Å². The summed E-state index contributed by atoms with van der Waals surface area (Å²) in [5.74, 6) is -1.81. The van der Waals surface area contributed by atoms with Gasteiger partial charge in [-0.2, -0.15) is 0 Å². The number of rotatable bonds is 5. The van der Waals surface area contributed by atoms with Gasteiger partial charge in [-0.1, -0.05) is 41.9 Å². The van der Waals surface area contributed by atoms with Crippen molar-refractivity contribution in [2.45, 2.75) is 11.0 Å². The zero-order valence-corrected chi connectivity index (χ0v) is 13.8. The molecule has 0 aliphatic rings. The maximum Gasteiger partial charge on any atom is 0.339 e. The number of nitrogens with two attached hydrogens (primary N) is 2. The number of carbonyl (C=O) groups is 2. The molecule has 0 radical (unpaired) electrons. The molecule has 0 fully saturated rings. The highest BCUT2D eigenvalue weighted by atomic mass is 35.5. The first kappa shape index (κ1) is 17.9. The van der Waals surface area contributed by atoms with Gasteiger partial charge in [-0.25, -0.2) is 18.4 Å². The van der Waals surface area contributed by atoms with Crippen molar-refractivity contribution >= 4 is 33.5 Å². The van der Waals surface area contributed by atoms with Crippen LogP contribution in [-0.4, -0.2) is 20.3 Å². The van der Waals surface area contributed by atoms with Gasteiger partial charge in [0.2, 0.25) is 16.1 Å². The zero-order chi connectivity index (χ0) is 17.9. The Hall–Kier alpha value is -2.42. The van der Waals surface area contributed by atoms with Gasteiger partial charge in [0.1, 0.15) is 4.90 Å². The summed E-state index contributed by atoms with van der Waals surface area (Å²) in [7, 11) is -4.12. The Morgan fingerprint density at radius 1 is 1.08 bits per heavy atom. The number of hydrogen-bond donors (Lipinski definition) is 2. The van der Waals surface area contributed by atoms with Gasteiger partial charge >= 0.3 is 5.97 Å². The molecule has 2 rings (SSSR count). The van der Waals surface area contributed by atoms with Gasteiger partial charge in [0, 0.05) is 5.56 Å². The molecule has 0 spiro atoms. The van der Waals surface area contributed by atoms with Crippen molar-refractivity contribution in [3.05, 3.63) is 64.7 Å². The van der Waals surface area contributed by atoms with E-state index in [1.165, 1.54) is 12.1 Å². The summed E-state index contributed by atoms with van der Waals surface area (Å²) in [6.07, 6.45) is -1.31. The molecule has 1 atom stereocenters. The predicted octanol–water partition coefficient (Wildman–Crippen LogP) is 1.37. The van der Waals surface area contributed by atoms with E-state index in [1.54, 1.807) is 30.3 Å². The van der Waals surface area contributed by atoms with Crippen molar-refractivity contribution in [3.63, 3.8) is 0 Å². The van der Waals surface area contributed by atoms with Crippen LogP contribution in [0.4, 0.5) is 0 Å². The molecule has 7 nitrogen and oxygen atoms in total. The Labute approximate surface area is 143 Å². The highest BCUT2D eigenvalue weighted by Gasteiger charge is 2.24. The number of esters is 1. The Balaban J connectivity index is 2.33. The van der Waals surface area contributed by atoms with Crippen molar-refractivity contribution in [3.8, 4) is 0 Å². The lowest BCUT2D eigenvalue weighted by atomic mass is 10.1. The van der Waals surface area contributed by atoms with Crippen LogP contribution in [0.3, 0.4) is 0 Å². The first-order valence-corrected chi connectivity index (χ1v) is 8.50. The molecule has 0 aliphatic carbocycles. The second kappa shape index (κ2) is 7.00. The van der Waals surface area contributed by atoms with Gasteiger partial charge in [-0.15, -0.1) is 0 Å². The van der Waals surface area contributed by atoms with Gasteiger partial charge in [0.15, 0.2) is 0 Å². The van der Waals surface area contributed by atoms with E-state index in [-0.39, 0.29) is 10.6 Å². The average Bonchev–Trinajstić information content (AvgIpc) is 2.52. The lowest BCUT2D eigenvalue weighted by Crippen LogP contribution is -2.26. The number of ether oxygens (including phenoxy) is 1. The summed E-state index contributed by atoms with van der Waals surface area (Å²) in [6.45, 7) is 0. The first-order chi connectivity index (χ1) is 11.2. The highest BCUT2D eigenvalue weighted by molar-refractivity contribution is 7.89. The molecule has 1 unspecified atom stereocenters. The lowest BCUT2D eigenvalue weighted by molar-refractivity contribution is -0.127. The number of benzene rings is 2. The highest BCUT2D eigenvalue weighted by Crippen LogP contribution is 2.24. The number of carbonyl (C=O) groups excluding carboxylic acids is 2. The van der Waals surface area contributed by atoms with E-state index in [0.29, 0.717) is 5.56 Å². The third-order valence-electron chi connectivity index (χ3n) is 3.06. The van der Waals surface area contributed by atoms with Gasteiger partial charge < -0.3 is 10.5 Å². The molecule has 0 heterocycles. The molecule has 0 saturated carbocycles. The Morgan fingerprint density at radius 3 is 2.25 bits per heavy atom. The van der Waals surface area contributed by atoms with E-state index in [4.69, 9.17) is 27.2 Å². The summed E-state index contributed by atoms with van der Waals surface area (Å²) in [5.41, 5.74) is 5.52. The lowest BCUT2D eigenvalue weighted by Gasteiger charge is -2.15. The topological polar surface area (TPSA) is 130 Å². The van der Waals surface area contributed by atoms with Crippen LogP contribution in [0.25, 0.3) is 0 Å². The molecule has 0 aliphatic heterocycles. The zero-order valence-electron chi connectivity index (χ0n) is 12.2. The van der Waals surface area contributed by atoms with Gasteiger partial charge in [0.05, 0.1) is 10.6 Å². The first-order valence-electron chi connectivity index (χ1n) is 6.57. The summed E-state index contributed by atoms with van der Waals surface area (Å²) < 4.78 is 28.0. The average molecular weight is 369 g/mol. The van der Waals surface area contributed by atoms with Gasteiger partial charge in [-0.05, 0) is 18.2 Å². The van der Waals surface area contributed by atoms with Crippen LogP contribution in [0.1, 0.15) is 22.0 Å². The molecule has 1 amide bonds. The van der Waals surface area contributed by atoms with Crippen LogP contribution >= 0.6 is 11.6 Å². The summed E-state index contributed by atoms with van der Waals surface area (Å²) in [5, 5.41) is 4.89. The standard InChI is InChI=1S/C15H13ClN2O5S/c16-11-7-6-10(8-12(11)24(18,21)22)15(20)23-13(14(17)19)9-4-2-1-3-5-9/h1-8,13H,(H2,17,19)(H2,18,21,22).